The predicted molar refractivity (Wildman–Crippen MR) is 88.7 cm³/mol. The number of aldehydes is 1. The summed E-state index contributed by atoms with van der Waals surface area (Å²) in [4.78, 5) is 24.7. The fourth-order valence-electron chi connectivity index (χ4n) is 3.15. The van der Waals surface area contributed by atoms with E-state index in [1.807, 2.05) is 6.07 Å². The van der Waals surface area contributed by atoms with Crippen LogP contribution in [-0.4, -0.2) is 24.8 Å². The van der Waals surface area contributed by atoms with Gasteiger partial charge in [0.2, 0.25) is 5.91 Å². The highest BCUT2D eigenvalue weighted by molar-refractivity contribution is 5.95. The molecule has 2 aromatic rings. The summed E-state index contributed by atoms with van der Waals surface area (Å²) in [5.74, 6) is 0.358. The van der Waals surface area contributed by atoms with Crippen molar-refractivity contribution in [3.8, 4) is 11.3 Å². The first kappa shape index (κ1) is 15.3. The lowest BCUT2D eigenvalue weighted by Gasteiger charge is -2.36. The van der Waals surface area contributed by atoms with Crippen molar-refractivity contribution in [3.05, 3.63) is 41.7 Å². The number of hydrogen-bond acceptors (Lipinski definition) is 4. The second-order valence-electron chi connectivity index (χ2n) is 5.95. The number of primary amides is 1. The molecule has 0 bridgehead atoms. The standard InChI is InChI=1S/C18H20N2O3/c1-12-4-2-3-9-20(12)16-7-5-13(18(19)22)10-15(16)17-8-6-14(11-21)23-17/h5-8,10-12H,2-4,9H2,1H3,(H2,19,22). The van der Waals surface area contributed by atoms with Gasteiger partial charge in [-0.3, -0.25) is 9.59 Å². The van der Waals surface area contributed by atoms with Gasteiger partial charge in [0.15, 0.2) is 12.0 Å². The average Bonchev–Trinajstić information content (AvgIpc) is 3.04. The van der Waals surface area contributed by atoms with Crippen molar-refractivity contribution in [3.63, 3.8) is 0 Å². The molecule has 1 saturated heterocycles. The molecule has 1 aliphatic heterocycles. The molecule has 2 N–H and O–H groups in total. The number of nitrogens with zero attached hydrogens (tertiary/aromatic N) is 1. The minimum atomic E-state index is -0.480. The number of carbonyl (C=O) groups excluding carboxylic acids is 2. The number of furan rings is 1. The minimum Gasteiger partial charge on any atom is -0.453 e. The number of anilines is 1. The predicted octanol–water partition coefficient (Wildman–Crippen LogP) is 3.24. The molecule has 1 amide bonds. The number of nitrogens with two attached hydrogens (primary N) is 1. The number of hydrogen-bond donors (Lipinski definition) is 1. The van der Waals surface area contributed by atoms with Gasteiger partial charge in [0.1, 0.15) is 5.76 Å². The smallest absolute Gasteiger partial charge is 0.248 e. The third kappa shape index (κ3) is 2.99. The topological polar surface area (TPSA) is 76.5 Å². The molecular weight excluding hydrogens is 292 g/mol. The summed E-state index contributed by atoms with van der Waals surface area (Å²) in [5, 5.41) is 0. The maximum absolute atomic E-state index is 11.5. The van der Waals surface area contributed by atoms with Gasteiger partial charge >= 0.3 is 0 Å². The Labute approximate surface area is 135 Å². The van der Waals surface area contributed by atoms with Crippen LogP contribution < -0.4 is 10.6 Å². The molecule has 0 radical (unpaired) electrons. The molecule has 0 spiro atoms. The zero-order valence-electron chi connectivity index (χ0n) is 13.1. The maximum Gasteiger partial charge on any atom is 0.248 e. The number of benzene rings is 1. The largest absolute Gasteiger partial charge is 0.453 e. The molecule has 1 aliphatic rings. The highest BCUT2D eigenvalue weighted by Gasteiger charge is 2.23. The normalized spacial score (nSPS) is 18.0. The molecule has 5 nitrogen and oxygen atoms in total. The van der Waals surface area contributed by atoms with Gasteiger partial charge in [-0.1, -0.05) is 0 Å². The summed E-state index contributed by atoms with van der Waals surface area (Å²) in [5.41, 5.74) is 7.64. The summed E-state index contributed by atoms with van der Waals surface area (Å²) in [7, 11) is 0. The zero-order valence-corrected chi connectivity index (χ0v) is 13.1. The molecule has 1 fully saturated rings. The van der Waals surface area contributed by atoms with Crippen LogP contribution >= 0.6 is 0 Å². The zero-order chi connectivity index (χ0) is 16.4. The van der Waals surface area contributed by atoms with Crippen LogP contribution in [0.2, 0.25) is 0 Å². The SMILES string of the molecule is CC1CCCCN1c1ccc(C(N)=O)cc1-c1ccc(C=O)o1. The molecule has 0 saturated carbocycles. The first-order chi connectivity index (χ1) is 11.1. The first-order valence-electron chi connectivity index (χ1n) is 7.86. The number of piperidine rings is 1. The molecule has 1 aromatic heterocycles. The van der Waals surface area contributed by atoms with E-state index in [0.29, 0.717) is 23.7 Å². The van der Waals surface area contributed by atoms with E-state index in [1.54, 1.807) is 24.3 Å². The van der Waals surface area contributed by atoms with Crippen molar-refractivity contribution < 1.29 is 14.0 Å². The van der Waals surface area contributed by atoms with Crippen LogP contribution in [0.25, 0.3) is 11.3 Å². The van der Waals surface area contributed by atoms with Gasteiger partial charge in [0.05, 0.1) is 0 Å². The Hall–Kier alpha value is -2.56. The van der Waals surface area contributed by atoms with Gasteiger partial charge in [0, 0.05) is 29.4 Å². The number of rotatable bonds is 4. The van der Waals surface area contributed by atoms with E-state index in [0.717, 1.165) is 30.6 Å². The lowest BCUT2D eigenvalue weighted by atomic mass is 9.99. The highest BCUT2D eigenvalue weighted by atomic mass is 16.3. The Morgan fingerprint density at radius 2 is 2.13 bits per heavy atom. The summed E-state index contributed by atoms with van der Waals surface area (Å²) in [6, 6.07) is 9.20. The van der Waals surface area contributed by atoms with E-state index in [2.05, 4.69) is 11.8 Å². The fraction of sp³-hybridized carbons (Fsp3) is 0.333. The number of amides is 1. The van der Waals surface area contributed by atoms with Gasteiger partial charge in [-0.15, -0.1) is 0 Å². The van der Waals surface area contributed by atoms with E-state index < -0.39 is 5.91 Å². The maximum atomic E-state index is 11.5. The molecule has 1 atom stereocenters. The van der Waals surface area contributed by atoms with E-state index >= 15 is 0 Å². The third-order valence-electron chi connectivity index (χ3n) is 4.40. The van der Waals surface area contributed by atoms with E-state index in [4.69, 9.17) is 10.2 Å². The highest BCUT2D eigenvalue weighted by Crippen LogP contribution is 2.36. The molecule has 5 heteroatoms. The Morgan fingerprint density at radius 1 is 1.30 bits per heavy atom. The van der Waals surface area contributed by atoms with E-state index in [-0.39, 0.29) is 5.76 Å². The first-order valence-corrected chi connectivity index (χ1v) is 7.86. The summed E-state index contributed by atoms with van der Waals surface area (Å²) in [6.45, 7) is 3.16. The second kappa shape index (κ2) is 6.28. The van der Waals surface area contributed by atoms with Crippen molar-refractivity contribution in [1.29, 1.82) is 0 Å². The summed E-state index contributed by atoms with van der Waals surface area (Å²) < 4.78 is 5.57. The van der Waals surface area contributed by atoms with E-state index in [9.17, 15) is 9.59 Å². The summed E-state index contributed by atoms with van der Waals surface area (Å²) in [6.07, 6.45) is 4.17. The Balaban J connectivity index is 2.10. The number of carbonyl (C=O) groups is 2. The van der Waals surface area contributed by atoms with Crippen LogP contribution in [0.5, 0.6) is 0 Å². The second-order valence-corrected chi connectivity index (χ2v) is 5.95. The molecule has 0 aliphatic carbocycles. The quantitative estimate of drug-likeness (QED) is 0.879. The monoisotopic (exact) mass is 312 g/mol. The van der Waals surface area contributed by atoms with Crippen molar-refractivity contribution in [2.45, 2.75) is 32.2 Å². The van der Waals surface area contributed by atoms with Crippen LogP contribution in [0.4, 0.5) is 5.69 Å². The lowest BCUT2D eigenvalue weighted by molar-refractivity contribution is 0.0999. The van der Waals surface area contributed by atoms with Crippen LogP contribution in [-0.2, 0) is 0 Å². The van der Waals surface area contributed by atoms with Gasteiger partial charge in [-0.05, 0) is 56.5 Å². The van der Waals surface area contributed by atoms with Crippen molar-refractivity contribution >= 4 is 17.9 Å². The van der Waals surface area contributed by atoms with Crippen LogP contribution in [0.15, 0.2) is 34.7 Å². The van der Waals surface area contributed by atoms with Gasteiger partial charge in [-0.25, -0.2) is 0 Å². The van der Waals surface area contributed by atoms with Gasteiger partial charge in [0.25, 0.3) is 0 Å². The molecule has 3 rings (SSSR count). The Kier molecular flexibility index (Phi) is 4.19. The van der Waals surface area contributed by atoms with Crippen molar-refractivity contribution in [2.24, 2.45) is 5.73 Å². The fourth-order valence-corrected chi connectivity index (χ4v) is 3.15. The van der Waals surface area contributed by atoms with Crippen LogP contribution in [0, 0.1) is 0 Å². The molecule has 1 aromatic carbocycles. The molecule has 2 heterocycles. The third-order valence-corrected chi connectivity index (χ3v) is 4.40. The summed E-state index contributed by atoms with van der Waals surface area (Å²) >= 11 is 0. The molecular formula is C18H20N2O3. The Morgan fingerprint density at radius 3 is 2.78 bits per heavy atom. The Bertz CT molecular complexity index is 736. The van der Waals surface area contributed by atoms with Gasteiger partial charge < -0.3 is 15.1 Å². The van der Waals surface area contributed by atoms with E-state index in [1.165, 1.54) is 6.42 Å². The van der Waals surface area contributed by atoms with Crippen molar-refractivity contribution in [1.82, 2.24) is 0 Å². The molecule has 1 unspecified atom stereocenters. The van der Waals surface area contributed by atoms with Crippen LogP contribution in [0.1, 0.15) is 47.1 Å². The average molecular weight is 312 g/mol. The molecule has 120 valence electrons. The van der Waals surface area contributed by atoms with Crippen molar-refractivity contribution in [2.75, 3.05) is 11.4 Å². The minimum absolute atomic E-state index is 0.266. The van der Waals surface area contributed by atoms with Gasteiger partial charge in [-0.2, -0.15) is 0 Å². The van der Waals surface area contributed by atoms with Crippen LogP contribution in [0.3, 0.4) is 0 Å². The molecule has 23 heavy (non-hydrogen) atoms. The lowest BCUT2D eigenvalue weighted by Crippen LogP contribution is -2.37.